The fraction of sp³-hybridized carbons (Fsp3) is 0.667. The van der Waals surface area contributed by atoms with Gasteiger partial charge in [0.05, 0.1) is 35.9 Å². The molecule has 0 spiro atoms. The predicted octanol–water partition coefficient (Wildman–Crippen LogP) is 5.02. The molecule has 1 aliphatic carbocycles. The van der Waals surface area contributed by atoms with Crippen molar-refractivity contribution >= 4 is 28.8 Å². The first-order valence-electron chi connectivity index (χ1n) is 13.3. The number of amides is 1. The van der Waals surface area contributed by atoms with Gasteiger partial charge in [-0.25, -0.2) is 9.78 Å². The van der Waals surface area contributed by atoms with Crippen LogP contribution in [0.1, 0.15) is 82.3 Å². The molecule has 9 nitrogen and oxygen atoms in total. The fourth-order valence-corrected chi connectivity index (χ4v) is 6.25. The van der Waals surface area contributed by atoms with Crippen molar-refractivity contribution < 1.29 is 28.9 Å². The number of aromatic nitrogens is 2. The van der Waals surface area contributed by atoms with E-state index in [4.69, 9.17) is 19.2 Å². The molecule has 1 aromatic heterocycles. The number of aliphatic carboxylic acids is 1. The standard InChI is InChI=1S/C27H37N3O6/c1-16-7-8-21-22(29(16)27(33)34-3)9-10-23-24(21)28-25(17(2)36-20-11-13-35-14-12-20)30(23)19-6-4-5-18(15-19)26(31)32/h9-10,16-20H,4-8,11-15H2,1-3H3,(H,31,32). The molecule has 0 radical (unpaired) electrons. The molecule has 1 saturated heterocycles. The number of imidazole rings is 1. The second-order valence-electron chi connectivity index (χ2n) is 10.4. The molecule has 196 valence electrons. The van der Waals surface area contributed by atoms with Crippen LogP contribution in [0.15, 0.2) is 12.1 Å². The van der Waals surface area contributed by atoms with Crippen LogP contribution < -0.4 is 4.90 Å². The summed E-state index contributed by atoms with van der Waals surface area (Å²) in [7, 11) is 1.41. The summed E-state index contributed by atoms with van der Waals surface area (Å²) in [6.07, 6.45) is 5.93. The summed E-state index contributed by atoms with van der Waals surface area (Å²) in [6.45, 7) is 5.48. The van der Waals surface area contributed by atoms with Gasteiger partial charge in [-0.05, 0) is 70.9 Å². The Kier molecular flexibility index (Phi) is 7.21. The highest BCUT2D eigenvalue weighted by Crippen LogP contribution is 2.42. The minimum Gasteiger partial charge on any atom is -0.481 e. The lowest BCUT2D eigenvalue weighted by Crippen LogP contribution is -2.42. The van der Waals surface area contributed by atoms with E-state index in [1.807, 2.05) is 26.0 Å². The average molecular weight is 500 g/mol. The summed E-state index contributed by atoms with van der Waals surface area (Å²) in [5.41, 5.74) is 3.75. The molecule has 1 aromatic carbocycles. The summed E-state index contributed by atoms with van der Waals surface area (Å²) >= 11 is 0. The van der Waals surface area contributed by atoms with Gasteiger partial charge < -0.3 is 23.9 Å². The van der Waals surface area contributed by atoms with Gasteiger partial charge in [0.15, 0.2) is 0 Å². The highest BCUT2D eigenvalue weighted by atomic mass is 16.5. The van der Waals surface area contributed by atoms with Gasteiger partial charge in [-0.15, -0.1) is 0 Å². The Morgan fingerprint density at radius 3 is 2.67 bits per heavy atom. The molecule has 3 aliphatic rings. The molecule has 36 heavy (non-hydrogen) atoms. The number of carboxylic acids is 1. The number of carboxylic acid groups (broad SMARTS) is 1. The van der Waals surface area contributed by atoms with Crippen LogP contribution in [0, 0.1) is 5.92 Å². The number of ether oxygens (including phenoxy) is 3. The van der Waals surface area contributed by atoms with Crippen molar-refractivity contribution in [3.05, 3.63) is 23.5 Å². The average Bonchev–Trinajstić information content (AvgIpc) is 3.29. The van der Waals surface area contributed by atoms with Crippen molar-refractivity contribution in [1.82, 2.24) is 9.55 Å². The van der Waals surface area contributed by atoms with Gasteiger partial charge in [0.2, 0.25) is 0 Å². The number of methoxy groups -OCH3 is 1. The zero-order valence-corrected chi connectivity index (χ0v) is 21.4. The second-order valence-corrected chi connectivity index (χ2v) is 10.4. The third-order valence-electron chi connectivity index (χ3n) is 8.14. The third-order valence-corrected chi connectivity index (χ3v) is 8.14. The summed E-state index contributed by atoms with van der Waals surface area (Å²) in [5, 5.41) is 9.74. The number of carbonyl (C=O) groups excluding carboxylic acids is 1. The van der Waals surface area contributed by atoms with Crippen molar-refractivity contribution in [1.29, 1.82) is 0 Å². The summed E-state index contributed by atoms with van der Waals surface area (Å²) in [6, 6.07) is 4.10. The zero-order chi connectivity index (χ0) is 25.4. The molecule has 0 bridgehead atoms. The van der Waals surface area contributed by atoms with Crippen LogP contribution in [0.4, 0.5) is 10.5 Å². The number of hydrogen-bond acceptors (Lipinski definition) is 6. The van der Waals surface area contributed by atoms with Crippen LogP contribution >= 0.6 is 0 Å². The van der Waals surface area contributed by atoms with E-state index in [1.165, 1.54) is 7.11 Å². The molecule has 2 fully saturated rings. The number of rotatable bonds is 5. The molecular formula is C27H37N3O6. The number of aryl methyl sites for hydroxylation is 1. The van der Waals surface area contributed by atoms with Crippen LogP contribution in [0.2, 0.25) is 0 Å². The van der Waals surface area contributed by atoms with Gasteiger partial charge in [0.25, 0.3) is 0 Å². The number of nitrogens with zero attached hydrogens (tertiary/aromatic N) is 3. The van der Waals surface area contributed by atoms with E-state index < -0.39 is 5.97 Å². The van der Waals surface area contributed by atoms with Crippen LogP contribution in [0.3, 0.4) is 0 Å². The normalized spacial score (nSPS) is 26.0. The van der Waals surface area contributed by atoms with E-state index in [0.29, 0.717) is 26.1 Å². The molecular weight excluding hydrogens is 462 g/mol. The molecule has 4 atom stereocenters. The summed E-state index contributed by atoms with van der Waals surface area (Å²) < 4.78 is 19.3. The van der Waals surface area contributed by atoms with E-state index >= 15 is 0 Å². The van der Waals surface area contributed by atoms with E-state index in [-0.39, 0.29) is 36.3 Å². The largest absolute Gasteiger partial charge is 0.481 e. The molecule has 2 aromatic rings. The van der Waals surface area contributed by atoms with Crippen LogP contribution in [-0.2, 0) is 25.4 Å². The van der Waals surface area contributed by atoms with Crippen molar-refractivity contribution in [3.63, 3.8) is 0 Å². The van der Waals surface area contributed by atoms with E-state index in [9.17, 15) is 14.7 Å². The molecule has 3 heterocycles. The third kappa shape index (κ3) is 4.59. The lowest BCUT2D eigenvalue weighted by Gasteiger charge is -2.34. The van der Waals surface area contributed by atoms with Gasteiger partial charge in [-0.3, -0.25) is 9.69 Å². The Balaban J connectivity index is 1.60. The first-order chi connectivity index (χ1) is 17.4. The predicted molar refractivity (Wildman–Crippen MR) is 134 cm³/mol. The molecule has 1 N–H and O–H groups in total. The van der Waals surface area contributed by atoms with Crippen molar-refractivity contribution in [2.45, 2.75) is 89.5 Å². The number of anilines is 1. The monoisotopic (exact) mass is 499 g/mol. The Morgan fingerprint density at radius 2 is 1.94 bits per heavy atom. The van der Waals surface area contributed by atoms with Gasteiger partial charge in [0.1, 0.15) is 11.9 Å². The highest BCUT2D eigenvalue weighted by Gasteiger charge is 2.35. The minimum atomic E-state index is -0.725. The summed E-state index contributed by atoms with van der Waals surface area (Å²) in [4.78, 5) is 31.4. The smallest absolute Gasteiger partial charge is 0.414 e. The van der Waals surface area contributed by atoms with E-state index in [1.54, 1.807) is 4.90 Å². The maximum Gasteiger partial charge on any atom is 0.414 e. The lowest BCUT2D eigenvalue weighted by molar-refractivity contribution is -0.143. The number of benzene rings is 1. The van der Waals surface area contributed by atoms with E-state index in [2.05, 4.69) is 4.57 Å². The first kappa shape index (κ1) is 25.0. The highest BCUT2D eigenvalue weighted by molar-refractivity contribution is 5.95. The Labute approximate surface area is 211 Å². The topological polar surface area (TPSA) is 103 Å². The minimum absolute atomic E-state index is 0.0365. The lowest BCUT2D eigenvalue weighted by atomic mass is 9.85. The molecule has 9 heteroatoms. The van der Waals surface area contributed by atoms with Crippen molar-refractivity contribution in [3.8, 4) is 0 Å². The molecule has 1 amide bonds. The second kappa shape index (κ2) is 10.4. The van der Waals surface area contributed by atoms with Crippen LogP contribution in [0.25, 0.3) is 11.0 Å². The Bertz CT molecular complexity index is 1120. The Morgan fingerprint density at radius 1 is 1.17 bits per heavy atom. The van der Waals surface area contributed by atoms with Crippen molar-refractivity contribution in [2.75, 3.05) is 25.2 Å². The molecule has 4 unspecified atom stereocenters. The van der Waals surface area contributed by atoms with E-state index in [0.717, 1.165) is 66.6 Å². The molecule has 1 saturated carbocycles. The number of fused-ring (bicyclic) bond motifs is 3. The zero-order valence-electron chi connectivity index (χ0n) is 21.4. The Hall–Kier alpha value is -2.65. The number of hydrogen-bond donors (Lipinski definition) is 1. The van der Waals surface area contributed by atoms with Gasteiger partial charge in [-0.1, -0.05) is 6.42 Å². The molecule has 5 rings (SSSR count). The van der Waals surface area contributed by atoms with Gasteiger partial charge >= 0.3 is 12.1 Å². The fourth-order valence-electron chi connectivity index (χ4n) is 6.25. The quantitative estimate of drug-likeness (QED) is 0.616. The summed E-state index contributed by atoms with van der Waals surface area (Å²) in [5.74, 6) is -0.240. The van der Waals surface area contributed by atoms with Gasteiger partial charge in [-0.2, -0.15) is 0 Å². The first-order valence-corrected chi connectivity index (χ1v) is 13.3. The van der Waals surface area contributed by atoms with Crippen LogP contribution in [-0.4, -0.2) is 59.2 Å². The van der Waals surface area contributed by atoms with Gasteiger partial charge in [0, 0.05) is 30.9 Å². The van der Waals surface area contributed by atoms with Crippen LogP contribution in [0.5, 0.6) is 0 Å². The maximum absolute atomic E-state index is 12.6. The maximum atomic E-state index is 12.6. The molecule has 2 aliphatic heterocycles. The number of carbonyl (C=O) groups is 2. The van der Waals surface area contributed by atoms with Crippen molar-refractivity contribution in [2.24, 2.45) is 5.92 Å². The SMILES string of the molecule is COC(=O)N1c2ccc3c(nc(C(C)OC4CCOCC4)n3C3CCCC(C(=O)O)C3)c2CCC1C.